The standard InChI is InChI=1S/C20H40N2O3/c1-3-4-5-6-7-8-9-10-11-12-13-14-15-19(22-25)16-20(17-23)21-18(2)24/h19-20,23H,3-17H2,1-2H3,(H,21,24)/t19?,20-/m1/s1. The van der Waals surface area contributed by atoms with Crippen molar-refractivity contribution in [3.8, 4) is 0 Å². The van der Waals surface area contributed by atoms with Crippen molar-refractivity contribution in [1.82, 2.24) is 5.32 Å². The molecule has 0 aliphatic rings. The lowest BCUT2D eigenvalue weighted by Crippen LogP contribution is -2.38. The summed E-state index contributed by atoms with van der Waals surface area (Å²) in [5.74, 6) is -0.186. The van der Waals surface area contributed by atoms with E-state index in [1.165, 1.54) is 71.1 Å². The molecule has 0 aromatic rings. The molecule has 2 atom stereocenters. The Hall–Kier alpha value is -0.970. The normalized spacial score (nSPS) is 13.4. The maximum atomic E-state index is 11.0. The summed E-state index contributed by atoms with van der Waals surface area (Å²) in [6, 6.07) is -0.676. The molecule has 148 valence electrons. The van der Waals surface area contributed by atoms with E-state index in [1.807, 2.05) is 0 Å². The van der Waals surface area contributed by atoms with E-state index in [2.05, 4.69) is 17.4 Å². The summed E-state index contributed by atoms with van der Waals surface area (Å²) >= 11 is 0. The van der Waals surface area contributed by atoms with Crippen molar-refractivity contribution in [1.29, 1.82) is 0 Å². The molecule has 0 aromatic heterocycles. The van der Waals surface area contributed by atoms with Gasteiger partial charge in [-0.3, -0.25) is 4.79 Å². The summed E-state index contributed by atoms with van der Waals surface area (Å²) in [6.45, 7) is 3.52. The molecule has 0 radical (unpaired) electrons. The zero-order valence-electron chi connectivity index (χ0n) is 16.5. The van der Waals surface area contributed by atoms with Gasteiger partial charge in [0.05, 0.1) is 18.7 Å². The van der Waals surface area contributed by atoms with E-state index in [4.69, 9.17) is 0 Å². The fraction of sp³-hybridized carbons (Fsp3) is 0.950. The smallest absolute Gasteiger partial charge is 0.217 e. The Morgan fingerprint density at radius 3 is 1.80 bits per heavy atom. The number of nitrogens with one attached hydrogen (secondary N) is 1. The van der Waals surface area contributed by atoms with Crippen molar-refractivity contribution >= 4 is 5.91 Å². The number of nitrogens with zero attached hydrogens (tertiary/aromatic N) is 1. The van der Waals surface area contributed by atoms with Gasteiger partial charge in [0.2, 0.25) is 5.91 Å². The lowest BCUT2D eigenvalue weighted by atomic mass is 10.0. The molecule has 0 fully saturated rings. The topological polar surface area (TPSA) is 78.8 Å². The maximum Gasteiger partial charge on any atom is 0.217 e. The molecule has 25 heavy (non-hydrogen) atoms. The van der Waals surface area contributed by atoms with Crippen LogP contribution in [0.5, 0.6) is 0 Å². The summed E-state index contributed by atoms with van der Waals surface area (Å²) in [4.78, 5) is 22.0. The molecule has 1 amide bonds. The predicted octanol–water partition coefficient (Wildman–Crippen LogP) is 5.10. The van der Waals surface area contributed by atoms with Gasteiger partial charge in [0.25, 0.3) is 0 Å². The Morgan fingerprint density at radius 1 is 0.920 bits per heavy atom. The van der Waals surface area contributed by atoms with Gasteiger partial charge in [-0.05, 0) is 12.8 Å². The highest BCUT2D eigenvalue weighted by Gasteiger charge is 2.17. The van der Waals surface area contributed by atoms with Gasteiger partial charge in [-0.2, -0.15) is 4.91 Å². The van der Waals surface area contributed by atoms with Gasteiger partial charge in [0.1, 0.15) is 0 Å². The van der Waals surface area contributed by atoms with E-state index in [9.17, 15) is 14.8 Å². The van der Waals surface area contributed by atoms with Gasteiger partial charge in [0.15, 0.2) is 0 Å². The highest BCUT2D eigenvalue weighted by atomic mass is 16.3. The monoisotopic (exact) mass is 356 g/mol. The molecular formula is C20H40N2O3. The molecule has 1 unspecified atom stereocenters. The van der Waals surface area contributed by atoms with Crippen molar-refractivity contribution in [3.63, 3.8) is 0 Å². The number of unbranched alkanes of at least 4 members (excludes halogenated alkanes) is 11. The van der Waals surface area contributed by atoms with Crippen LogP contribution in [0, 0.1) is 4.91 Å². The Morgan fingerprint density at radius 2 is 1.40 bits per heavy atom. The Labute approximate surface area is 154 Å². The number of hydrogen-bond acceptors (Lipinski definition) is 4. The molecular weight excluding hydrogens is 316 g/mol. The van der Waals surface area contributed by atoms with Gasteiger partial charge in [-0.15, -0.1) is 0 Å². The quantitative estimate of drug-likeness (QED) is 0.265. The van der Waals surface area contributed by atoms with E-state index >= 15 is 0 Å². The number of aliphatic hydroxyl groups excluding tert-OH is 1. The largest absolute Gasteiger partial charge is 0.394 e. The molecule has 2 N–H and O–H groups in total. The van der Waals surface area contributed by atoms with Crippen LogP contribution in [-0.4, -0.2) is 29.7 Å². The van der Waals surface area contributed by atoms with Crippen molar-refractivity contribution in [2.45, 2.75) is 116 Å². The SMILES string of the molecule is CCCCCCCCCCCCCCC(C[C@H](CO)NC(C)=O)N=O. The molecule has 0 spiro atoms. The second-order valence-corrected chi connectivity index (χ2v) is 7.25. The molecule has 0 heterocycles. The summed E-state index contributed by atoms with van der Waals surface area (Å²) in [6.07, 6.45) is 16.7. The zero-order valence-corrected chi connectivity index (χ0v) is 16.5. The molecule has 5 heteroatoms. The van der Waals surface area contributed by atoms with Crippen LogP contribution in [0.4, 0.5) is 0 Å². The van der Waals surface area contributed by atoms with Crippen LogP contribution >= 0.6 is 0 Å². The van der Waals surface area contributed by atoms with Crippen molar-refractivity contribution in [2.24, 2.45) is 5.18 Å². The molecule has 0 rings (SSSR count). The minimum Gasteiger partial charge on any atom is -0.394 e. The fourth-order valence-corrected chi connectivity index (χ4v) is 3.23. The van der Waals surface area contributed by atoms with Crippen LogP contribution in [-0.2, 0) is 4.79 Å². The average molecular weight is 357 g/mol. The highest BCUT2D eigenvalue weighted by Crippen LogP contribution is 2.15. The minimum atomic E-state index is -0.363. The van der Waals surface area contributed by atoms with Crippen LogP contribution in [0.25, 0.3) is 0 Å². The lowest BCUT2D eigenvalue weighted by molar-refractivity contribution is -0.120. The summed E-state index contributed by atoms with van der Waals surface area (Å²) < 4.78 is 0. The Bertz CT molecular complexity index is 324. The predicted molar refractivity (Wildman–Crippen MR) is 105 cm³/mol. The van der Waals surface area contributed by atoms with Crippen LogP contribution in [0.2, 0.25) is 0 Å². The highest BCUT2D eigenvalue weighted by molar-refractivity contribution is 5.73. The molecule has 5 nitrogen and oxygen atoms in total. The number of nitroso groups, excluding NO2 is 1. The van der Waals surface area contributed by atoms with E-state index in [0.29, 0.717) is 6.42 Å². The average Bonchev–Trinajstić information content (AvgIpc) is 2.60. The summed E-state index contributed by atoms with van der Waals surface area (Å²) in [7, 11) is 0. The second kappa shape index (κ2) is 17.8. The minimum absolute atomic E-state index is 0.149. The van der Waals surface area contributed by atoms with Crippen molar-refractivity contribution < 1.29 is 9.90 Å². The zero-order chi connectivity index (χ0) is 18.8. The first-order valence-electron chi connectivity index (χ1n) is 10.3. The number of carbonyl (C=O) groups excluding carboxylic acids is 1. The number of rotatable bonds is 18. The van der Waals surface area contributed by atoms with Crippen LogP contribution in [0.15, 0.2) is 5.18 Å². The summed E-state index contributed by atoms with van der Waals surface area (Å²) in [5.41, 5.74) is 0. The lowest BCUT2D eigenvalue weighted by Gasteiger charge is -2.18. The molecule has 0 saturated carbocycles. The van der Waals surface area contributed by atoms with E-state index < -0.39 is 0 Å². The first kappa shape index (κ1) is 24.0. The van der Waals surface area contributed by atoms with Crippen molar-refractivity contribution in [2.75, 3.05) is 6.61 Å². The Balaban J connectivity index is 3.52. The van der Waals surface area contributed by atoms with Gasteiger partial charge < -0.3 is 10.4 Å². The van der Waals surface area contributed by atoms with Crippen LogP contribution < -0.4 is 5.32 Å². The van der Waals surface area contributed by atoms with Gasteiger partial charge >= 0.3 is 0 Å². The number of aliphatic hydroxyl groups is 1. The molecule has 0 bridgehead atoms. The van der Waals surface area contributed by atoms with Gasteiger partial charge in [0, 0.05) is 6.92 Å². The first-order chi connectivity index (χ1) is 12.1. The van der Waals surface area contributed by atoms with Gasteiger partial charge in [-0.25, -0.2) is 0 Å². The van der Waals surface area contributed by atoms with Crippen molar-refractivity contribution in [3.05, 3.63) is 4.91 Å². The fourth-order valence-electron chi connectivity index (χ4n) is 3.23. The van der Waals surface area contributed by atoms with E-state index in [1.54, 1.807) is 0 Å². The summed E-state index contributed by atoms with van der Waals surface area (Å²) in [5, 5.41) is 15.0. The molecule has 0 aliphatic heterocycles. The van der Waals surface area contributed by atoms with E-state index in [-0.39, 0.29) is 24.6 Å². The Kier molecular flexibility index (Phi) is 17.1. The van der Waals surface area contributed by atoms with E-state index in [0.717, 1.165) is 19.3 Å². The molecule has 0 saturated heterocycles. The molecule has 0 aliphatic carbocycles. The second-order valence-electron chi connectivity index (χ2n) is 7.25. The molecule has 0 aromatic carbocycles. The first-order valence-corrected chi connectivity index (χ1v) is 10.3. The van der Waals surface area contributed by atoms with Crippen LogP contribution in [0.3, 0.4) is 0 Å². The number of carbonyl (C=O) groups is 1. The van der Waals surface area contributed by atoms with Gasteiger partial charge in [-0.1, -0.05) is 89.2 Å². The van der Waals surface area contributed by atoms with Crippen LogP contribution in [0.1, 0.15) is 104 Å². The third kappa shape index (κ3) is 16.3. The maximum absolute atomic E-state index is 11.0. The third-order valence-electron chi connectivity index (χ3n) is 4.72. The third-order valence-corrected chi connectivity index (χ3v) is 4.72. The number of hydrogen-bond donors (Lipinski definition) is 2. The number of amides is 1.